The van der Waals surface area contributed by atoms with Crippen molar-refractivity contribution in [2.45, 2.75) is 6.54 Å². The van der Waals surface area contributed by atoms with Gasteiger partial charge in [0.25, 0.3) is 0 Å². The topological polar surface area (TPSA) is 66.3 Å². The highest BCUT2D eigenvalue weighted by Crippen LogP contribution is 2.32. The van der Waals surface area contributed by atoms with Crippen LogP contribution in [0.15, 0.2) is 59.5 Å². The van der Waals surface area contributed by atoms with Crippen molar-refractivity contribution < 1.29 is 9.94 Å². The lowest BCUT2D eigenvalue weighted by Crippen LogP contribution is -2.29. The molecule has 0 fully saturated rings. The number of aromatic nitrogens is 4. The number of fused-ring (bicyclic) bond motifs is 1. The van der Waals surface area contributed by atoms with Crippen molar-refractivity contribution in [2.75, 3.05) is 5.32 Å². The molecule has 3 heterocycles. The summed E-state index contributed by atoms with van der Waals surface area (Å²) in [4.78, 5) is 4.67. The zero-order valence-corrected chi connectivity index (χ0v) is 16.9. The van der Waals surface area contributed by atoms with Crippen LogP contribution < -0.4 is 10.0 Å². The first-order chi connectivity index (χ1) is 13.0. The van der Waals surface area contributed by atoms with E-state index < -0.39 is 0 Å². The van der Waals surface area contributed by atoms with Gasteiger partial charge in [-0.2, -0.15) is 9.61 Å². The first-order valence-electron chi connectivity index (χ1n) is 7.94. The van der Waals surface area contributed by atoms with Gasteiger partial charge in [0.2, 0.25) is 12.4 Å². The van der Waals surface area contributed by atoms with Gasteiger partial charge in [-0.15, -0.1) is 0 Å². The van der Waals surface area contributed by atoms with E-state index in [1.807, 2.05) is 18.2 Å². The normalized spacial score (nSPS) is 11.1. The summed E-state index contributed by atoms with van der Waals surface area (Å²) in [6.07, 6.45) is 4.87. The van der Waals surface area contributed by atoms with Gasteiger partial charge in [-0.1, -0.05) is 23.2 Å². The molecule has 4 aromatic rings. The molecule has 136 valence electrons. The highest BCUT2D eigenvalue weighted by molar-refractivity contribution is 9.10. The number of benzene rings is 1. The maximum atomic E-state index is 9.56. The molecule has 0 aliphatic rings. The van der Waals surface area contributed by atoms with E-state index in [9.17, 15) is 5.21 Å². The summed E-state index contributed by atoms with van der Waals surface area (Å²) in [6.45, 7) is 0.492. The van der Waals surface area contributed by atoms with Crippen molar-refractivity contribution in [3.63, 3.8) is 0 Å². The van der Waals surface area contributed by atoms with Crippen LogP contribution in [0.2, 0.25) is 10.0 Å². The lowest BCUT2D eigenvalue weighted by atomic mass is 10.1. The van der Waals surface area contributed by atoms with Crippen LogP contribution in [0.5, 0.6) is 0 Å². The maximum absolute atomic E-state index is 9.56. The average molecular weight is 466 g/mol. The van der Waals surface area contributed by atoms with E-state index in [-0.39, 0.29) is 0 Å². The van der Waals surface area contributed by atoms with Gasteiger partial charge in [-0.25, -0.2) is 4.98 Å². The molecule has 0 saturated heterocycles. The molecule has 0 aliphatic carbocycles. The molecule has 1 aromatic carbocycles. The number of pyridine rings is 1. The van der Waals surface area contributed by atoms with E-state index in [0.717, 1.165) is 26.1 Å². The summed E-state index contributed by atoms with van der Waals surface area (Å²) >= 11 is 15.8. The summed E-state index contributed by atoms with van der Waals surface area (Å²) in [5.74, 6) is 0.736. The first-order valence-corrected chi connectivity index (χ1v) is 9.49. The molecule has 3 aromatic heterocycles. The molecule has 6 nitrogen and oxygen atoms in total. The van der Waals surface area contributed by atoms with Crippen LogP contribution in [0.4, 0.5) is 5.82 Å². The van der Waals surface area contributed by atoms with Crippen molar-refractivity contribution >= 4 is 50.6 Å². The Morgan fingerprint density at radius 2 is 2.07 bits per heavy atom. The Hall–Kier alpha value is -2.35. The van der Waals surface area contributed by atoms with E-state index in [0.29, 0.717) is 27.9 Å². The standard InChI is InChI=1S/C18H13BrCl2N5O/c19-14-9-23-26-17(22-8-11-2-1-5-25(27)10-11)7-16(24-18(14)26)13-4-3-12(20)6-15(13)21/h1-7,9-10,22,27H,8H2/q+1. The second kappa shape index (κ2) is 7.34. The largest absolute Gasteiger partial charge is 0.366 e. The number of rotatable bonds is 4. The Labute approximate surface area is 173 Å². The molecular weight excluding hydrogens is 453 g/mol. The number of nitrogens with zero attached hydrogens (tertiary/aromatic N) is 4. The molecule has 2 N–H and O–H groups in total. The van der Waals surface area contributed by atoms with Gasteiger partial charge in [-0.3, -0.25) is 5.21 Å². The highest BCUT2D eigenvalue weighted by atomic mass is 79.9. The van der Waals surface area contributed by atoms with Gasteiger partial charge >= 0.3 is 0 Å². The Balaban J connectivity index is 1.77. The van der Waals surface area contributed by atoms with Crippen molar-refractivity contribution in [3.05, 3.63) is 75.1 Å². The highest BCUT2D eigenvalue weighted by Gasteiger charge is 2.14. The number of hydrogen-bond donors (Lipinski definition) is 2. The fourth-order valence-electron chi connectivity index (χ4n) is 2.71. The van der Waals surface area contributed by atoms with Crippen molar-refractivity contribution in [3.8, 4) is 11.3 Å². The van der Waals surface area contributed by atoms with Gasteiger partial charge in [-0.05, 0) is 40.2 Å². The predicted octanol–water partition coefficient (Wildman–Crippen LogP) is 4.60. The first kappa shape index (κ1) is 18.0. The lowest BCUT2D eigenvalue weighted by Gasteiger charge is -2.11. The van der Waals surface area contributed by atoms with Crippen LogP contribution in [0.1, 0.15) is 5.56 Å². The van der Waals surface area contributed by atoms with Crippen molar-refractivity contribution in [2.24, 2.45) is 0 Å². The molecule has 0 spiro atoms. The Bertz CT molecular complexity index is 1150. The summed E-state index contributed by atoms with van der Waals surface area (Å²) in [6, 6.07) is 10.8. The van der Waals surface area contributed by atoms with E-state index >= 15 is 0 Å². The maximum Gasteiger partial charge on any atom is 0.227 e. The molecule has 0 saturated carbocycles. The molecular formula is C18H13BrCl2N5O+. The Kier molecular flexibility index (Phi) is 4.90. The molecule has 0 amide bonds. The predicted molar refractivity (Wildman–Crippen MR) is 107 cm³/mol. The van der Waals surface area contributed by atoms with Crippen LogP contribution in [0, 0.1) is 0 Å². The Morgan fingerprint density at radius 1 is 1.22 bits per heavy atom. The third kappa shape index (κ3) is 3.71. The van der Waals surface area contributed by atoms with Crippen LogP contribution >= 0.6 is 39.1 Å². The Morgan fingerprint density at radius 3 is 2.85 bits per heavy atom. The molecule has 0 unspecified atom stereocenters. The zero-order valence-electron chi connectivity index (χ0n) is 13.8. The molecule has 27 heavy (non-hydrogen) atoms. The van der Waals surface area contributed by atoms with Gasteiger partial charge < -0.3 is 5.32 Å². The van der Waals surface area contributed by atoms with E-state index in [1.165, 1.54) is 0 Å². The molecule has 0 radical (unpaired) electrons. The third-order valence-electron chi connectivity index (χ3n) is 3.96. The minimum absolute atomic E-state index is 0.492. The second-order valence-corrected chi connectivity index (χ2v) is 7.52. The summed E-state index contributed by atoms with van der Waals surface area (Å²) in [7, 11) is 0. The van der Waals surface area contributed by atoms with Gasteiger partial charge in [0, 0.05) is 39.6 Å². The molecule has 0 atom stereocenters. The van der Waals surface area contributed by atoms with E-state index in [4.69, 9.17) is 23.2 Å². The minimum Gasteiger partial charge on any atom is -0.366 e. The summed E-state index contributed by atoms with van der Waals surface area (Å²) in [5.41, 5.74) is 3.03. The molecule has 0 bridgehead atoms. The molecule has 4 rings (SSSR count). The smallest absolute Gasteiger partial charge is 0.227 e. The number of nitrogens with one attached hydrogen (secondary N) is 1. The van der Waals surface area contributed by atoms with Crippen LogP contribution in [-0.2, 0) is 6.54 Å². The minimum atomic E-state index is 0.492. The summed E-state index contributed by atoms with van der Waals surface area (Å²) < 4.78 is 3.49. The van der Waals surface area contributed by atoms with Gasteiger partial charge in [0.15, 0.2) is 5.65 Å². The van der Waals surface area contributed by atoms with E-state index in [2.05, 4.69) is 31.3 Å². The van der Waals surface area contributed by atoms with Crippen LogP contribution in [0.25, 0.3) is 16.9 Å². The lowest BCUT2D eigenvalue weighted by molar-refractivity contribution is -0.905. The third-order valence-corrected chi connectivity index (χ3v) is 5.06. The monoisotopic (exact) mass is 464 g/mol. The van der Waals surface area contributed by atoms with Crippen molar-refractivity contribution in [1.82, 2.24) is 14.6 Å². The number of halogens is 3. The molecule has 9 heteroatoms. The second-order valence-electron chi connectivity index (χ2n) is 5.82. The summed E-state index contributed by atoms with van der Waals surface area (Å²) in [5, 5.41) is 18.3. The zero-order chi connectivity index (χ0) is 19.0. The fraction of sp³-hybridized carbons (Fsp3) is 0.0556. The van der Waals surface area contributed by atoms with Crippen LogP contribution in [-0.4, -0.2) is 19.8 Å². The SMILES string of the molecule is O[n+]1cccc(CNc2cc(-c3ccc(Cl)cc3Cl)nc3c(Br)cnn23)c1. The number of hydrogen-bond acceptors (Lipinski definition) is 4. The molecule has 0 aliphatic heterocycles. The average Bonchev–Trinajstić information content (AvgIpc) is 3.01. The number of anilines is 1. The van der Waals surface area contributed by atoms with Gasteiger partial charge in [0.1, 0.15) is 5.82 Å². The fourth-order valence-corrected chi connectivity index (χ4v) is 3.56. The van der Waals surface area contributed by atoms with Gasteiger partial charge in [0.05, 0.1) is 21.4 Å². The van der Waals surface area contributed by atoms with Crippen molar-refractivity contribution in [1.29, 1.82) is 0 Å². The van der Waals surface area contributed by atoms with E-state index in [1.54, 1.807) is 41.3 Å². The quantitative estimate of drug-likeness (QED) is 0.341. The van der Waals surface area contributed by atoms with Crippen LogP contribution in [0.3, 0.4) is 0 Å².